The third kappa shape index (κ3) is 2.00. The molecule has 6 heteroatoms. The molecule has 0 aliphatic rings. The maximum atomic E-state index is 4.74. The highest BCUT2D eigenvalue weighted by Gasteiger charge is 2.17. The molecule has 0 saturated carbocycles. The van der Waals surface area contributed by atoms with Gasteiger partial charge in [-0.25, -0.2) is 19.9 Å². The quantitative estimate of drug-likeness (QED) is 0.568. The van der Waals surface area contributed by atoms with Crippen LogP contribution in [0.25, 0.3) is 31.8 Å². The lowest BCUT2D eigenvalue weighted by molar-refractivity contribution is 1.02. The molecule has 22 heavy (non-hydrogen) atoms. The summed E-state index contributed by atoms with van der Waals surface area (Å²) in [5, 5.41) is 0. The van der Waals surface area contributed by atoms with E-state index >= 15 is 0 Å². The molecule has 0 amide bonds. The molecule has 0 bridgehead atoms. The number of hydrogen-bond donors (Lipinski definition) is 0. The molecule has 0 fully saturated rings. The van der Waals surface area contributed by atoms with E-state index in [9.17, 15) is 0 Å². The first kappa shape index (κ1) is 13.1. The van der Waals surface area contributed by atoms with Crippen molar-refractivity contribution in [3.8, 4) is 11.3 Å². The molecule has 0 N–H and O–H groups in total. The van der Waals surface area contributed by atoms with Crippen molar-refractivity contribution < 1.29 is 0 Å². The van der Waals surface area contributed by atoms with Crippen LogP contribution in [0.15, 0.2) is 42.7 Å². The molecule has 4 aromatic rings. The Morgan fingerprint density at radius 3 is 2.45 bits per heavy atom. The second-order valence-electron chi connectivity index (χ2n) is 5.12. The summed E-state index contributed by atoms with van der Waals surface area (Å²) in [6.45, 7) is 0. The lowest BCUT2D eigenvalue weighted by Crippen LogP contribution is -2.13. The molecule has 1 aromatic carbocycles. The van der Waals surface area contributed by atoms with Crippen LogP contribution < -0.4 is 4.90 Å². The fraction of sp³-hybridized carbons (Fsp3) is 0.125. The largest absolute Gasteiger partial charge is 0.347 e. The van der Waals surface area contributed by atoms with Gasteiger partial charge in [0.25, 0.3) is 0 Å². The Hall–Kier alpha value is -2.60. The van der Waals surface area contributed by atoms with Crippen LogP contribution in [0.2, 0.25) is 0 Å². The number of aromatic nitrogens is 4. The average Bonchev–Trinajstić information content (AvgIpc) is 2.93. The zero-order chi connectivity index (χ0) is 15.1. The van der Waals surface area contributed by atoms with Crippen LogP contribution in [0.4, 0.5) is 5.95 Å². The molecule has 4 rings (SSSR count). The Morgan fingerprint density at radius 1 is 0.909 bits per heavy atom. The second kappa shape index (κ2) is 4.99. The van der Waals surface area contributed by atoms with Gasteiger partial charge in [-0.1, -0.05) is 30.3 Å². The maximum absolute atomic E-state index is 4.74. The summed E-state index contributed by atoms with van der Waals surface area (Å²) in [6, 6.07) is 10.2. The highest BCUT2D eigenvalue weighted by atomic mass is 32.1. The zero-order valence-electron chi connectivity index (χ0n) is 12.2. The highest BCUT2D eigenvalue weighted by Crippen LogP contribution is 2.36. The molecular weight excluding hydrogens is 294 g/mol. The molecule has 0 atom stereocenters. The summed E-state index contributed by atoms with van der Waals surface area (Å²) in [7, 11) is 3.88. The van der Waals surface area contributed by atoms with Crippen LogP contribution in [0.1, 0.15) is 0 Å². The van der Waals surface area contributed by atoms with E-state index in [-0.39, 0.29) is 0 Å². The first-order valence-electron chi connectivity index (χ1n) is 6.88. The van der Waals surface area contributed by atoms with Crippen LogP contribution in [0.3, 0.4) is 0 Å². The number of thiophene rings is 1. The molecule has 0 aliphatic heterocycles. The molecule has 3 heterocycles. The number of hydrogen-bond acceptors (Lipinski definition) is 6. The summed E-state index contributed by atoms with van der Waals surface area (Å²) in [4.78, 5) is 21.1. The standard InChI is InChI=1S/C16H13N5S/c1-21(2)16-19-11(10-6-4-3-5-7-10)14-12(20-16)13-15(22-14)18-9-8-17-13/h3-9H,1-2H3. The van der Waals surface area contributed by atoms with Gasteiger partial charge in [0.2, 0.25) is 5.95 Å². The van der Waals surface area contributed by atoms with Gasteiger partial charge in [-0.2, -0.15) is 0 Å². The number of anilines is 1. The predicted octanol–water partition coefficient (Wildman–Crippen LogP) is 3.37. The number of rotatable bonds is 2. The Labute approximate surface area is 131 Å². The Morgan fingerprint density at radius 2 is 1.68 bits per heavy atom. The predicted molar refractivity (Wildman–Crippen MR) is 90.3 cm³/mol. The molecule has 0 aliphatic carbocycles. The molecule has 0 spiro atoms. The number of fused-ring (bicyclic) bond motifs is 3. The van der Waals surface area contributed by atoms with Crippen LogP contribution in [-0.2, 0) is 0 Å². The van der Waals surface area contributed by atoms with E-state index in [1.165, 1.54) is 0 Å². The Kier molecular flexibility index (Phi) is 2.97. The van der Waals surface area contributed by atoms with Crippen molar-refractivity contribution in [1.29, 1.82) is 0 Å². The van der Waals surface area contributed by atoms with Gasteiger partial charge in [0.1, 0.15) is 15.9 Å². The molecule has 5 nitrogen and oxygen atoms in total. The van der Waals surface area contributed by atoms with Crippen molar-refractivity contribution in [3.05, 3.63) is 42.7 Å². The minimum Gasteiger partial charge on any atom is -0.347 e. The Bertz CT molecular complexity index is 962. The first-order valence-corrected chi connectivity index (χ1v) is 7.69. The van der Waals surface area contributed by atoms with Crippen LogP contribution in [-0.4, -0.2) is 34.0 Å². The van der Waals surface area contributed by atoms with Crippen LogP contribution in [0.5, 0.6) is 0 Å². The van der Waals surface area contributed by atoms with E-state index < -0.39 is 0 Å². The van der Waals surface area contributed by atoms with Gasteiger partial charge in [0, 0.05) is 32.1 Å². The van der Waals surface area contributed by atoms with E-state index in [1.54, 1.807) is 23.7 Å². The Balaban J connectivity index is 2.14. The van der Waals surface area contributed by atoms with Crippen LogP contribution in [0, 0.1) is 0 Å². The fourth-order valence-corrected chi connectivity index (χ4v) is 3.40. The van der Waals surface area contributed by atoms with E-state index in [4.69, 9.17) is 4.98 Å². The van der Waals surface area contributed by atoms with Crippen molar-refractivity contribution in [2.45, 2.75) is 0 Å². The van der Waals surface area contributed by atoms with Gasteiger partial charge in [-0.05, 0) is 0 Å². The van der Waals surface area contributed by atoms with E-state index in [1.807, 2.05) is 37.2 Å². The maximum Gasteiger partial charge on any atom is 0.226 e. The summed E-state index contributed by atoms with van der Waals surface area (Å²) < 4.78 is 1.03. The second-order valence-corrected chi connectivity index (χ2v) is 6.12. The summed E-state index contributed by atoms with van der Waals surface area (Å²) in [5.74, 6) is 0.678. The van der Waals surface area contributed by atoms with Crippen molar-refractivity contribution in [3.63, 3.8) is 0 Å². The van der Waals surface area contributed by atoms with Crippen LogP contribution >= 0.6 is 11.3 Å². The zero-order valence-corrected chi connectivity index (χ0v) is 13.0. The third-order valence-electron chi connectivity index (χ3n) is 3.39. The van der Waals surface area contributed by atoms with Crippen molar-refractivity contribution in [2.75, 3.05) is 19.0 Å². The van der Waals surface area contributed by atoms with E-state index in [0.29, 0.717) is 5.95 Å². The molecule has 0 radical (unpaired) electrons. The number of nitrogens with zero attached hydrogens (tertiary/aromatic N) is 5. The van der Waals surface area contributed by atoms with Gasteiger partial charge in [-0.15, -0.1) is 11.3 Å². The van der Waals surface area contributed by atoms with Gasteiger partial charge < -0.3 is 4.90 Å². The summed E-state index contributed by atoms with van der Waals surface area (Å²) >= 11 is 1.59. The molecular formula is C16H13N5S. The first-order chi connectivity index (χ1) is 10.7. The van der Waals surface area contributed by atoms with Crippen molar-refractivity contribution in [1.82, 2.24) is 19.9 Å². The van der Waals surface area contributed by atoms with E-state index in [0.717, 1.165) is 31.8 Å². The average molecular weight is 307 g/mol. The third-order valence-corrected chi connectivity index (χ3v) is 4.47. The molecule has 0 saturated heterocycles. The molecule has 108 valence electrons. The topological polar surface area (TPSA) is 54.8 Å². The summed E-state index contributed by atoms with van der Waals surface area (Å²) in [5.41, 5.74) is 3.71. The number of benzene rings is 1. The smallest absolute Gasteiger partial charge is 0.226 e. The molecule has 0 unspecified atom stereocenters. The van der Waals surface area contributed by atoms with E-state index in [2.05, 4.69) is 27.1 Å². The summed E-state index contributed by atoms with van der Waals surface area (Å²) in [6.07, 6.45) is 3.41. The van der Waals surface area contributed by atoms with Crippen molar-refractivity contribution in [2.24, 2.45) is 0 Å². The lowest BCUT2D eigenvalue weighted by atomic mass is 10.1. The van der Waals surface area contributed by atoms with Gasteiger partial charge in [0.15, 0.2) is 0 Å². The van der Waals surface area contributed by atoms with Crippen molar-refractivity contribution >= 4 is 37.8 Å². The van der Waals surface area contributed by atoms with Gasteiger partial charge in [0.05, 0.1) is 10.4 Å². The lowest BCUT2D eigenvalue weighted by Gasteiger charge is -2.12. The SMILES string of the molecule is CN(C)c1nc(-c2ccccc2)c2sc3nccnc3c2n1. The highest BCUT2D eigenvalue weighted by molar-refractivity contribution is 7.25. The molecule has 3 aromatic heterocycles. The fourth-order valence-electron chi connectivity index (χ4n) is 2.35. The van der Waals surface area contributed by atoms with Gasteiger partial charge >= 0.3 is 0 Å². The monoisotopic (exact) mass is 307 g/mol. The minimum atomic E-state index is 0.678. The normalized spacial score (nSPS) is 11.2. The van der Waals surface area contributed by atoms with Gasteiger partial charge in [-0.3, -0.25) is 0 Å². The minimum absolute atomic E-state index is 0.678.